The molecule has 1 aromatic heterocycles. The molecule has 0 radical (unpaired) electrons. The van der Waals surface area contributed by atoms with E-state index in [0.717, 1.165) is 5.82 Å². The van der Waals surface area contributed by atoms with E-state index in [-0.39, 0.29) is 16.2 Å². The van der Waals surface area contributed by atoms with Gasteiger partial charge in [0, 0.05) is 11.1 Å². The molecule has 4 N–H and O–H groups in total. The fraction of sp³-hybridized carbons (Fsp3) is 0.400. The van der Waals surface area contributed by atoms with Crippen LogP contribution in [0.1, 0.15) is 33.5 Å². The number of primary sulfonamides is 1. The van der Waals surface area contributed by atoms with Crippen molar-refractivity contribution in [2.24, 2.45) is 5.14 Å². The summed E-state index contributed by atoms with van der Waals surface area (Å²) >= 11 is 1.21. The van der Waals surface area contributed by atoms with Crippen LogP contribution >= 0.6 is 11.8 Å². The first-order chi connectivity index (χ1) is 11.5. The minimum absolute atomic E-state index is 0.0607. The maximum atomic E-state index is 12.3. The van der Waals surface area contributed by atoms with Gasteiger partial charge in [-0.25, -0.2) is 18.5 Å². The number of aromatic amines is 1. The summed E-state index contributed by atoms with van der Waals surface area (Å²) in [5, 5.41) is 14.7. The number of nitrogens with one attached hydrogen (secondary N) is 2. The minimum atomic E-state index is -3.82. The van der Waals surface area contributed by atoms with Crippen LogP contribution in [0.2, 0.25) is 0 Å². The molecule has 0 spiro atoms. The quantitative estimate of drug-likeness (QED) is 0.676. The van der Waals surface area contributed by atoms with Gasteiger partial charge in [-0.2, -0.15) is 0 Å². The van der Waals surface area contributed by atoms with Crippen molar-refractivity contribution >= 4 is 33.4 Å². The lowest BCUT2D eigenvalue weighted by Crippen LogP contribution is -2.23. The van der Waals surface area contributed by atoms with E-state index in [0.29, 0.717) is 10.8 Å². The highest BCUT2D eigenvalue weighted by molar-refractivity contribution is 8.00. The molecule has 2 aromatic rings. The zero-order chi connectivity index (χ0) is 18.8. The van der Waals surface area contributed by atoms with Crippen molar-refractivity contribution in [1.82, 2.24) is 15.2 Å². The van der Waals surface area contributed by atoms with Gasteiger partial charge >= 0.3 is 0 Å². The largest absolute Gasteiger partial charge is 0.325 e. The van der Waals surface area contributed by atoms with E-state index in [2.05, 4.69) is 20.5 Å². The third-order valence-corrected chi connectivity index (χ3v) is 5.13. The fourth-order valence-electron chi connectivity index (χ4n) is 1.84. The second-order valence-corrected chi connectivity index (χ2v) is 9.41. The summed E-state index contributed by atoms with van der Waals surface area (Å²) in [4.78, 5) is 16.6. The molecule has 0 aliphatic heterocycles. The molecule has 1 unspecified atom stereocenters. The zero-order valence-corrected chi connectivity index (χ0v) is 16.0. The second-order valence-electron chi connectivity index (χ2n) is 6.54. The molecule has 10 heteroatoms. The first-order valence-corrected chi connectivity index (χ1v) is 9.92. The third kappa shape index (κ3) is 5.28. The fourth-order valence-corrected chi connectivity index (χ4v) is 3.12. The molecule has 8 nitrogen and oxygen atoms in total. The van der Waals surface area contributed by atoms with E-state index >= 15 is 0 Å². The second kappa shape index (κ2) is 7.14. The summed E-state index contributed by atoms with van der Waals surface area (Å²) in [7, 11) is -3.82. The number of anilines is 1. The molecule has 0 fully saturated rings. The number of sulfonamides is 1. The van der Waals surface area contributed by atoms with Crippen LogP contribution in [0.3, 0.4) is 0 Å². The van der Waals surface area contributed by atoms with Gasteiger partial charge in [0.05, 0.1) is 10.1 Å². The lowest BCUT2D eigenvalue weighted by Gasteiger charge is -2.13. The standard InChI is InChI=1S/C15H21N5O3S2/c1-9(24-14-18-13(19-20-14)15(2,3)4)12(21)17-10-6-5-7-11(8-10)25(16,22)23/h5-9H,1-4H3,(H,17,21)(H2,16,22,23)(H,18,19,20). The Hall–Kier alpha value is -1.91. The van der Waals surface area contributed by atoms with Gasteiger partial charge in [-0.05, 0) is 25.1 Å². The molecule has 1 amide bonds. The Morgan fingerprint density at radius 2 is 2.04 bits per heavy atom. The van der Waals surface area contributed by atoms with Crippen molar-refractivity contribution in [2.45, 2.75) is 48.4 Å². The number of nitrogens with two attached hydrogens (primary N) is 1. The Labute approximate surface area is 151 Å². The highest BCUT2D eigenvalue weighted by Crippen LogP contribution is 2.24. The number of nitrogens with zero attached hydrogens (tertiary/aromatic N) is 2. The minimum Gasteiger partial charge on any atom is -0.325 e. The van der Waals surface area contributed by atoms with Crippen LogP contribution in [0.5, 0.6) is 0 Å². The number of aromatic nitrogens is 3. The predicted molar refractivity (Wildman–Crippen MR) is 96.8 cm³/mol. The van der Waals surface area contributed by atoms with Crippen LogP contribution in [0.15, 0.2) is 34.3 Å². The molecule has 0 bridgehead atoms. The SMILES string of the molecule is CC(Sc1n[nH]c(C(C)(C)C)n1)C(=O)Nc1cccc(S(N)(=O)=O)c1. The van der Waals surface area contributed by atoms with Crippen LogP contribution in [-0.2, 0) is 20.2 Å². The van der Waals surface area contributed by atoms with Gasteiger partial charge in [-0.15, -0.1) is 5.10 Å². The van der Waals surface area contributed by atoms with Gasteiger partial charge < -0.3 is 5.32 Å². The van der Waals surface area contributed by atoms with Crippen molar-refractivity contribution in [3.8, 4) is 0 Å². The topological polar surface area (TPSA) is 131 Å². The van der Waals surface area contributed by atoms with Crippen molar-refractivity contribution in [3.05, 3.63) is 30.1 Å². The molecule has 0 aliphatic rings. The highest BCUT2D eigenvalue weighted by Gasteiger charge is 2.22. The maximum absolute atomic E-state index is 12.3. The van der Waals surface area contributed by atoms with Crippen LogP contribution in [0.4, 0.5) is 5.69 Å². The van der Waals surface area contributed by atoms with E-state index in [4.69, 9.17) is 5.14 Å². The van der Waals surface area contributed by atoms with Crippen molar-refractivity contribution in [2.75, 3.05) is 5.32 Å². The number of thioether (sulfide) groups is 1. The Morgan fingerprint density at radius 1 is 1.36 bits per heavy atom. The smallest absolute Gasteiger partial charge is 0.238 e. The number of H-pyrrole nitrogens is 1. The van der Waals surface area contributed by atoms with E-state index in [9.17, 15) is 13.2 Å². The van der Waals surface area contributed by atoms with Gasteiger partial charge in [0.2, 0.25) is 21.1 Å². The number of rotatable bonds is 5. The third-order valence-electron chi connectivity index (χ3n) is 3.26. The summed E-state index contributed by atoms with van der Waals surface area (Å²) in [6.07, 6.45) is 0. The lowest BCUT2D eigenvalue weighted by atomic mass is 9.96. The van der Waals surface area contributed by atoms with E-state index < -0.39 is 15.3 Å². The summed E-state index contributed by atoms with van der Waals surface area (Å²) in [5.41, 5.74) is 0.195. The molecule has 0 aliphatic carbocycles. The van der Waals surface area contributed by atoms with Gasteiger partial charge in [0.15, 0.2) is 0 Å². The molecule has 2 rings (SSSR count). The maximum Gasteiger partial charge on any atom is 0.238 e. The number of carbonyl (C=O) groups is 1. The van der Waals surface area contributed by atoms with Crippen LogP contribution in [0.25, 0.3) is 0 Å². The number of hydrogen-bond donors (Lipinski definition) is 3. The number of carbonyl (C=O) groups excluding carboxylic acids is 1. The predicted octanol–water partition coefficient (Wildman–Crippen LogP) is 1.87. The number of benzene rings is 1. The van der Waals surface area contributed by atoms with Gasteiger partial charge in [-0.1, -0.05) is 38.6 Å². The Bertz CT molecular complexity index is 871. The number of hydrogen-bond acceptors (Lipinski definition) is 6. The first-order valence-electron chi connectivity index (χ1n) is 7.50. The van der Waals surface area contributed by atoms with E-state index in [1.807, 2.05) is 20.8 Å². The van der Waals surface area contributed by atoms with Crippen LogP contribution in [-0.4, -0.2) is 34.8 Å². The van der Waals surface area contributed by atoms with Crippen molar-refractivity contribution in [3.63, 3.8) is 0 Å². The Morgan fingerprint density at radius 3 is 2.60 bits per heavy atom. The van der Waals surface area contributed by atoms with Crippen molar-refractivity contribution in [1.29, 1.82) is 0 Å². The molecule has 136 valence electrons. The molecule has 25 heavy (non-hydrogen) atoms. The first kappa shape index (κ1) is 19.4. The average molecular weight is 383 g/mol. The Balaban J connectivity index is 2.05. The molecular weight excluding hydrogens is 362 g/mol. The highest BCUT2D eigenvalue weighted by atomic mass is 32.2. The van der Waals surface area contributed by atoms with Crippen LogP contribution in [0, 0.1) is 0 Å². The van der Waals surface area contributed by atoms with Gasteiger partial charge in [0.1, 0.15) is 5.82 Å². The average Bonchev–Trinajstić information content (AvgIpc) is 2.95. The molecule has 1 atom stereocenters. The number of amides is 1. The molecule has 1 heterocycles. The lowest BCUT2D eigenvalue weighted by molar-refractivity contribution is -0.115. The summed E-state index contributed by atoms with van der Waals surface area (Å²) in [6.45, 7) is 7.75. The van der Waals surface area contributed by atoms with Crippen molar-refractivity contribution < 1.29 is 13.2 Å². The molecule has 0 saturated heterocycles. The van der Waals surface area contributed by atoms with E-state index in [1.54, 1.807) is 13.0 Å². The van der Waals surface area contributed by atoms with Gasteiger partial charge in [0.25, 0.3) is 0 Å². The summed E-state index contributed by atoms with van der Waals surface area (Å²) in [6, 6.07) is 5.78. The van der Waals surface area contributed by atoms with E-state index in [1.165, 1.54) is 30.0 Å². The molecular formula is C15H21N5O3S2. The summed E-state index contributed by atoms with van der Waals surface area (Å²) in [5.74, 6) is 0.446. The molecule has 0 saturated carbocycles. The monoisotopic (exact) mass is 383 g/mol. The van der Waals surface area contributed by atoms with Crippen LogP contribution < -0.4 is 10.5 Å². The Kier molecular flexibility index (Phi) is 5.55. The summed E-state index contributed by atoms with van der Waals surface area (Å²) < 4.78 is 22.7. The normalized spacial score (nSPS) is 13.5. The molecule has 1 aromatic carbocycles. The zero-order valence-electron chi connectivity index (χ0n) is 14.4. The van der Waals surface area contributed by atoms with Gasteiger partial charge in [-0.3, -0.25) is 9.89 Å².